The van der Waals surface area contributed by atoms with E-state index in [1.54, 1.807) is 36.4 Å². The molecule has 1 heterocycles. The van der Waals surface area contributed by atoms with Crippen molar-refractivity contribution >= 4 is 46.3 Å². The maximum absolute atomic E-state index is 13.1. The predicted molar refractivity (Wildman–Crippen MR) is 123 cm³/mol. The van der Waals surface area contributed by atoms with Crippen molar-refractivity contribution in [3.8, 4) is 0 Å². The predicted octanol–water partition coefficient (Wildman–Crippen LogP) is 2.69. The minimum absolute atomic E-state index is 0.308. The summed E-state index contributed by atoms with van der Waals surface area (Å²) in [5, 5.41) is 13.7. The largest absolute Gasteiger partial charge is 0.480 e. The van der Waals surface area contributed by atoms with Crippen LogP contribution in [0.3, 0.4) is 0 Å². The maximum Gasteiger partial charge on any atom is 0.323 e. The first-order valence-electron chi connectivity index (χ1n) is 10.5. The third kappa shape index (κ3) is 4.89. The van der Waals surface area contributed by atoms with Gasteiger partial charge in [0, 0.05) is 22.8 Å². The molecule has 0 fully saturated rings. The number of carboxylic acid groups (broad SMARTS) is 1. The molecule has 1 aliphatic rings. The summed E-state index contributed by atoms with van der Waals surface area (Å²) < 4.78 is 4.82. The van der Waals surface area contributed by atoms with E-state index in [4.69, 9.17) is 16.3 Å². The molecule has 1 aromatic heterocycles. The van der Waals surface area contributed by atoms with Crippen LogP contribution >= 0.6 is 11.6 Å². The van der Waals surface area contributed by atoms with E-state index in [1.165, 1.54) is 0 Å². The van der Waals surface area contributed by atoms with Gasteiger partial charge in [-0.1, -0.05) is 35.9 Å². The van der Waals surface area contributed by atoms with Gasteiger partial charge in [0.2, 0.25) is 0 Å². The highest BCUT2D eigenvalue weighted by Gasteiger charge is 2.40. The van der Waals surface area contributed by atoms with E-state index in [0.717, 1.165) is 33.9 Å². The molecule has 0 bridgehead atoms. The molecule has 2 aromatic carbocycles. The Labute approximate surface area is 199 Å². The molecule has 176 valence electrons. The Kier molecular flexibility index (Phi) is 6.56. The SMILES string of the molecule is CC(=O)OCC(=O)N(CC(=O)O)C1c2ccccc2CC1NC(=O)c1cc2cc(Cl)ccc2[nH]1. The van der Waals surface area contributed by atoms with Gasteiger partial charge in [-0.05, 0) is 41.8 Å². The zero-order chi connectivity index (χ0) is 24.4. The van der Waals surface area contributed by atoms with Gasteiger partial charge < -0.3 is 25.0 Å². The summed E-state index contributed by atoms with van der Waals surface area (Å²) in [7, 11) is 0. The van der Waals surface area contributed by atoms with Crippen LogP contribution in [0.1, 0.15) is 34.6 Å². The Morgan fingerprint density at radius 3 is 2.68 bits per heavy atom. The zero-order valence-electron chi connectivity index (χ0n) is 18.2. The second-order valence-corrected chi connectivity index (χ2v) is 8.47. The van der Waals surface area contributed by atoms with Crippen LogP contribution in [0.5, 0.6) is 0 Å². The number of carboxylic acids is 1. The van der Waals surface area contributed by atoms with Crippen molar-refractivity contribution in [2.24, 2.45) is 0 Å². The zero-order valence-corrected chi connectivity index (χ0v) is 19.0. The average molecular weight is 484 g/mol. The molecule has 0 saturated heterocycles. The number of aromatic amines is 1. The van der Waals surface area contributed by atoms with Gasteiger partial charge in [0.05, 0.1) is 12.1 Å². The number of aliphatic carboxylic acids is 1. The molecule has 0 spiro atoms. The molecule has 9 nitrogen and oxygen atoms in total. The number of rotatable bonds is 7. The molecule has 2 unspecified atom stereocenters. The molecule has 4 rings (SSSR count). The molecule has 34 heavy (non-hydrogen) atoms. The molecule has 3 aromatic rings. The minimum atomic E-state index is -1.22. The van der Waals surface area contributed by atoms with Crippen molar-refractivity contribution in [1.29, 1.82) is 0 Å². The smallest absolute Gasteiger partial charge is 0.323 e. The molecule has 2 atom stereocenters. The molecule has 0 radical (unpaired) electrons. The third-order valence-corrected chi connectivity index (χ3v) is 5.93. The van der Waals surface area contributed by atoms with Crippen molar-refractivity contribution in [2.45, 2.75) is 25.4 Å². The standard InChI is InChI=1S/C24H22ClN3O6/c1-13(29)34-12-21(30)28(11-22(31)32)23-17-5-3-2-4-14(17)9-19(23)27-24(33)20-10-15-8-16(25)6-7-18(15)26-20/h2-8,10,19,23,26H,9,11-12H2,1H3,(H,27,33)(H,31,32). The van der Waals surface area contributed by atoms with Gasteiger partial charge in [-0.15, -0.1) is 0 Å². The summed E-state index contributed by atoms with van der Waals surface area (Å²) in [4.78, 5) is 53.0. The quantitative estimate of drug-likeness (QED) is 0.443. The van der Waals surface area contributed by atoms with Crippen LogP contribution in [0, 0.1) is 0 Å². The topological polar surface area (TPSA) is 129 Å². The van der Waals surface area contributed by atoms with E-state index < -0.39 is 49.0 Å². The summed E-state index contributed by atoms with van der Waals surface area (Å²) >= 11 is 6.04. The highest BCUT2D eigenvalue weighted by atomic mass is 35.5. The van der Waals surface area contributed by atoms with Crippen LogP contribution in [0.2, 0.25) is 5.02 Å². The summed E-state index contributed by atoms with van der Waals surface area (Å²) in [6, 6.07) is 12.8. The second kappa shape index (κ2) is 9.56. The van der Waals surface area contributed by atoms with Crippen LogP contribution in [0.4, 0.5) is 0 Å². The highest BCUT2D eigenvalue weighted by Crippen LogP contribution is 2.36. The number of esters is 1. The Bertz CT molecular complexity index is 1290. The number of hydrogen-bond acceptors (Lipinski definition) is 5. The molecule has 2 amide bonds. The van der Waals surface area contributed by atoms with E-state index in [0.29, 0.717) is 17.1 Å². The number of H-pyrrole nitrogens is 1. The number of aromatic nitrogens is 1. The lowest BCUT2D eigenvalue weighted by Gasteiger charge is -2.33. The second-order valence-electron chi connectivity index (χ2n) is 8.04. The van der Waals surface area contributed by atoms with Crippen molar-refractivity contribution < 1.29 is 29.0 Å². The molecule has 10 heteroatoms. The summed E-state index contributed by atoms with van der Waals surface area (Å²) in [5.74, 6) is -2.95. The molecule has 0 saturated carbocycles. The van der Waals surface area contributed by atoms with Gasteiger partial charge >= 0.3 is 11.9 Å². The molecule has 0 aliphatic heterocycles. The van der Waals surface area contributed by atoms with E-state index in [-0.39, 0.29) is 0 Å². The summed E-state index contributed by atoms with van der Waals surface area (Å²) in [6.45, 7) is -0.0443. The van der Waals surface area contributed by atoms with Crippen molar-refractivity contribution in [1.82, 2.24) is 15.2 Å². The normalized spacial score (nSPS) is 16.6. The fourth-order valence-electron chi connectivity index (χ4n) is 4.29. The number of carbonyl (C=O) groups excluding carboxylic acids is 3. The molecular formula is C24H22ClN3O6. The van der Waals surface area contributed by atoms with E-state index in [9.17, 15) is 24.3 Å². The number of carbonyl (C=O) groups is 4. The number of benzene rings is 2. The van der Waals surface area contributed by atoms with Crippen LogP contribution in [-0.4, -0.2) is 57.9 Å². The van der Waals surface area contributed by atoms with Crippen LogP contribution in [-0.2, 0) is 25.5 Å². The Hall–Kier alpha value is -3.85. The highest BCUT2D eigenvalue weighted by molar-refractivity contribution is 6.31. The van der Waals surface area contributed by atoms with Gasteiger partial charge in [-0.3, -0.25) is 19.2 Å². The van der Waals surface area contributed by atoms with Crippen LogP contribution in [0.15, 0.2) is 48.5 Å². The number of nitrogens with zero attached hydrogens (tertiary/aromatic N) is 1. The number of fused-ring (bicyclic) bond motifs is 2. The first-order valence-corrected chi connectivity index (χ1v) is 10.9. The average Bonchev–Trinajstić information content (AvgIpc) is 3.36. The van der Waals surface area contributed by atoms with E-state index in [1.807, 2.05) is 12.1 Å². The lowest BCUT2D eigenvalue weighted by Crippen LogP contribution is -2.49. The van der Waals surface area contributed by atoms with Gasteiger partial charge in [0.15, 0.2) is 6.61 Å². The minimum Gasteiger partial charge on any atom is -0.480 e. The fraction of sp³-hybridized carbons (Fsp3) is 0.250. The first-order chi connectivity index (χ1) is 16.2. The van der Waals surface area contributed by atoms with Crippen molar-refractivity contribution in [3.05, 3.63) is 70.4 Å². The number of ether oxygens (including phenoxy) is 1. The van der Waals surface area contributed by atoms with Crippen LogP contribution in [0.25, 0.3) is 10.9 Å². The Balaban J connectivity index is 1.64. The number of hydrogen-bond donors (Lipinski definition) is 3. The van der Waals surface area contributed by atoms with Gasteiger partial charge in [0.25, 0.3) is 11.8 Å². The number of nitrogens with one attached hydrogen (secondary N) is 2. The van der Waals surface area contributed by atoms with Crippen molar-refractivity contribution in [3.63, 3.8) is 0 Å². The lowest BCUT2D eigenvalue weighted by atomic mass is 10.0. The van der Waals surface area contributed by atoms with Crippen LogP contribution < -0.4 is 5.32 Å². The van der Waals surface area contributed by atoms with Gasteiger partial charge in [-0.25, -0.2) is 0 Å². The first kappa shape index (κ1) is 23.3. The molecular weight excluding hydrogens is 462 g/mol. The monoisotopic (exact) mass is 483 g/mol. The van der Waals surface area contributed by atoms with E-state index >= 15 is 0 Å². The third-order valence-electron chi connectivity index (χ3n) is 5.70. The molecule has 3 N–H and O–H groups in total. The number of halogens is 1. The fourth-order valence-corrected chi connectivity index (χ4v) is 4.48. The summed E-state index contributed by atoms with van der Waals surface area (Å²) in [6.07, 6.45) is 0.398. The maximum atomic E-state index is 13.1. The Morgan fingerprint density at radius 2 is 1.94 bits per heavy atom. The van der Waals surface area contributed by atoms with Gasteiger partial charge in [0.1, 0.15) is 12.2 Å². The van der Waals surface area contributed by atoms with Crippen molar-refractivity contribution in [2.75, 3.05) is 13.2 Å². The molecule has 1 aliphatic carbocycles. The number of amides is 2. The van der Waals surface area contributed by atoms with Gasteiger partial charge in [-0.2, -0.15) is 0 Å². The Morgan fingerprint density at radius 1 is 1.18 bits per heavy atom. The van der Waals surface area contributed by atoms with E-state index in [2.05, 4.69) is 10.3 Å². The lowest BCUT2D eigenvalue weighted by molar-refractivity contribution is -0.154. The summed E-state index contributed by atoms with van der Waals surface area (Å²) in [5.41, 5.74) is 2.67.